The maximum absolute atomic E-state index is 5.11. The number of hydrogen-bond acceptors (Lipinski definition) is 2. The Labute approximate surface area is 75.7 Å². The first kappa shape index (κ1) is 10.4. The van der Waals surface area contributed by atoms with Crippen LogP contribution >= 0.6 is 22.6 Å². The van der Waals surface area contributed by atoms with Crippen LogP contribution in [0.5, 0.6) is 0 Å². The fraction of sp³-hybridized carbons (Fsp3) is 0.714. The summed E-state index contributed by atoms with van der Waals surface area (Å²) < 4.78 is 11.1. The van der Waals surface area contributed by atoms with Gasteiger partial charge in [0.25, 0.3) is 0 Å². The van der Waals surface area contributed by atoms with Crippen LogP contribution in [0.3, 0.4) is 0 Å². The maximum Gasteiger partial charge on any atom is 0.0848 e. The summed E-state index contributed by atoms with van der Waals surface area (Å²) in [6, 6.07) is 0. The second-order valence-electron chi connectivity index (χ2n) is 2.03. The Kier molecular flexibility index (Phi) is 6.36. The highest BCUT2D eigenvalue weighted by atomic mass is 127. The van der Waals surface area contributed by atoms with Gasteiger partial charge >= 0.3 is 0 Å². The van der Waals surface area contributed by atoms with Crippen LogP contribution in [-0.2, 0) is 9.47 Å². The van der Waals surface area contributed by atoms with Crippen molar-refractivity contribution in [3.8, 4) is 0 Å². The third-order valence-corrected chi connectivity index (χ3v) is 1.58. The predicted molar refractivity (Wildman–Crippen MR) is 50.5 cm³/mol. The summed E-state index contributed by atoms with van der Waals surface area (Å²) >= 11 is 2.19. The largest absolute Gasteiger partial charge is 0.382 e. The molecular weight excluding hydrogens is 243 g/mol. The van der Waals surface area contributed by atoms with E-state index in [4.69, 9.17) is 9.47 Å². The van der Waals surface area contributed by atoms with Crippen molar-refractivity contribution < 1.29 is 9.47 Å². The molecule has 0 aromatic carbocycles. The van der Waals surface area contributed by atoms with E-state index < -0.39 is 0 Å². The molecule has 0 unspecified atom stereocenters. The van der Waals surface area contributed by atoms with Crippen molar-refractivity contribution >= 4 is 22.6 Å². The molecule has 0 spiro atoms. The molecule has 2 nitrogen and oxygen atoms in total. The van der Waals surface area contributed by atoms with E-state index in [1.165, 1.54) is 0 Å². The van der Waals surface area contributed by atoms with Crippen LogP contribution in [0.1, 0.15) is 6.42 Å². The standard InChI is InChI=1S/C7H13IO2/c1-6(8)4-7(10-3)5-9-2/h7H,1,4-5H2,2-3H3/t7-/m1/s1. The van der Waals surface area contributed by atoms with Crippen molar-refractivity contribution in [3.63, 3.8) is 0 Å². The molecule has 0 aromatic heterocycles. The van der Waals surface area contributed by atoms with Gasteiger partial charge in [-0.25, -0.2) is 0 Å². The fourth-order valence-electron chi connectivity index (χ4n) is 0.643. The van der Waals surface area contributed by atoms with E-state index >= 15 is 0 Å². The highest BCUT2D eigenvalue weighted by molar-refractivity contribution is 14.1. The molecule has 10 heavy (non-hydrogen) atoms. The van der Waals surface area contributed by atoms with Crippen molar-refractivity contribution in [1.29, 1.82) is 0 Å². The van der Waals surface area contributed by atoms with Gasteiger partial charge in [-0.1, -0.05) is 6.58 Å². The van der Waals surface area contributed by atoms with Crippen LogP contribution in [0.2, 0.25) is 0 Å². The summed E-state index contributed by atoms with van der Waals surface area (Å²) in [5.74, 6) is 0. The van der Waals surface area contributed by atoms with Gasteiger partial charge in [0.1, 0.15) is 0 Å². The summed E-state index contributed by atoms with van der Waals surface area (Å²) in [7, 11) is 3.35. The van der Waals surface area contributed by atoms with Gasteiger partial charge in [-0.2, -0.15) is 0 Å². The number of methoxy groups -OCH3 is 2. The third-order valence-electron chi connectivity index (χ3n) is 1.14. The van der Waals surface area contributed by atoms with E-state index in [9.17, 15) is 0 Å². The van der Waals surface area contributed by atoms with E-state index in [1.807, 2.05) is 0 Å². The first-order chi connectivity index (χ1) is 4.70. The van der Waals surface area contributed by atoms with E-state index in [1.54, 1.807) is 14.2 Å². The van der Waals surface area contributed by atoms with Crippen LogP contribution in [-0.4, -0.2) is 26.9 Å². The van der Waals surface area contributed by atoms with Gasteiger partial charge in [0.15, 0.2) is 0 Å². The summed E-state index contributed by atoms with van der Waals surface area (Å²) in [6.07, 6.45) is 1.03. The SMILES string of the molecule is C=C(I)C[C@H](COC)OC. The summed E-state index contributed by atoms with van der Waals surface area (Å²) in [6.45, 7) is 4.41. The Morgan fingerprint density at radius 1 is 1.60 bits per heavy atom. The Bertz CT molecular complexity index is 104. The molecule has 0 bridgehead atoms. The first-order valence-corrected chi connectivity index (χ1v) is 4.13. The predicted octanol–water partition coefficient (Wildman–Crippen LogP) is 1.99. The zero-order valence-electron chi connectivity index (χ0n) is 6.39. The fourth-order valence-corrected chi connectivity index (χ4v) is 1.13. The topological polar surface area (TPSA) is 18.5 Å². The Morgan fingerprint density at radius 2 is 2.20 bits per heavy atom. The van der Waals surface area contributed by atoms with Gasteiger partial charge in [-0.3, -0.25) is 0 Å². The van der Waals surface area contributed by atoms with Crippen molar-refractivity contribution in [2.75, 3.05) is 20.8 Å². The normalized spacial score (nSPS) is 13.1. The number of rotatable bonds is 5. The molecule has 0 heterocycles. The zero-order chi connectivity index (χ0) is 7.98. The van der Waals surface area contributed by atoms with E-state index in [-0.39, 0.29) is 6.10 Å². The van der Waals surface area contributed by atoms with Crippen LogP contribution in [0.4, 0.5) is 0 Å². The lowest BCUT2D eigenvalue weighted by molar-refractivity contribution is 0.0303. The molecule has 0 aliphatic rings. The summed E-state index contributed by atoms with van der Waals surface area (Å²) in [5, 5.41) is 0. The van der Waals surface area contributed by atoms with Gasteiger partial charge in [-0.15, -0.1) is 0 Å². The molecular formula is C7H13IO2. The highest BCUT2D eigenvalue weighted by Crippen LogP contribution is 2.12. The lowest BCUT2D eigenvalue weighted by atomic mass is 10.3. The molecule has 0 radical (unpaired) electrons. The average Bonchev–Trinajstić information content (AvgIpc) is 1.86. The van der Waals surface area contributed by atoms with Gasteiger partial charge in [0, 0.05) is 20.6 Å². The van der Waals surface area contributed by atoms with Crippen molar-refractivity contribution in [1.82, 2.24) is 0 Å². The van der Waals surface area contributed by atoms with Gasteiger partial charge in [-0.05, 0) is 26.2 Å². The number of hydrogen-bond donors (Lipinski definition) is 0. The van der Waals surface area contributed by atoms with Crippen LogP contribution in [0.15, 0.2) is 10.2 Å². The van der Waals surface area contributed by atoms with Crippen LogP contribution in [0, 0.1) is 0 Å². The van der Waals surface area contributed by atoms with Crippen molar-refractivity contribution in [2.45, 2.75) is 12.5 Å². The van der Waals surface area contributed by atoms with Crippen molar-refractivity contribution in [3.05, 3.63) is 10.2 Å². The quantitative estimate of drug-likeness (QED) is 0.700. The van der Waals surface area contributed by atoms with Crippen molar-refractivity contribution in [2.24, 2.45) is 0 Å². The summed E-state index contributed by atoms with van der Waals surface area (Å²) in [5.41, 5.74) is 0. The molecule has 0 saturated heterocycles. The van der Waals surface area contributed by atoms with Crippen LogP contribution < -0.4 is 0 Å². The van der Waals surface area contributed by atoms with Gasteiger partial charge < -0.3 is 9.47 Å². The second kappa shape index (κ2) is 6.12. The van der Waals surface area contributed by atoms with E-state index in [2.05, 4.69) is 29.2 Å². The minimum atomic E-state index is 0.161. The molecule has 3 heteroatoms. The summed E-state index contributed by atoms with van der Waals surface area (Å²) in [4.78, 5) is 0. The average molecular weight is 256 g/mol. The lowest BCUT2D eigenvalue weighted by Gasteiger charge is -2.12. The Morgan fingerprint density at radius 3 is 2.50 bits per heavy atom. The molecule has 0 amide bonds. The molecule has 0 aromatic rings. The number of ether oxygens (including phenoxy) is 2. The molecule has 60 valence electrons. The van der Waals surface area contributed by atoms with E-state index in [0.717, 1.165) is 10.0 Å². The monoisotopic (exact) mass is 256 g/mol. The molecule has 1 atom stereocenters. The second-order valence-corrected chi connectivity index (χ2v) is 3.56. The molecule has 0 saturated carbocycles. The minimum Gasteiger partial charge on any atom is -0.382 e. The maximum atomic E-state index is 5.11. The Balaban J connectivity index is 3.49. The molecule has 0 aliphatic carbocycles. The van der Waals surface area contributed by atoms with Gasteiger partial charge in [0.05, 0.1) is 12.7 Å². The van der Waals surface area contributed by atoms with E-state index in [0.29, 0.717) is 6.61 Å². The smallest absolute Gasteiger partial charge is 0.0848 e. The third kappa shape index (κ3) is 5.20. The number of halogens is 1. The van der Waals surface area contributed by atoms with Gasteiger partial charge in [0.2, 0.25) is 0 Å². The van der Waals surface area contributed by atoms with Crippen LogP contribution in [0.25, 0.3) is 0 Å². The lowest BCUT2D eigenvalue weighted by Crippen LogP contribution is -2.16. The first-order valence-electron chi connectivity index (χ1n) is 3.05. The molecule has 0 N–H and O–H groups in total. The molecule has 0 rings (SSSR count). The zero-order valence-corrected chi connectivity index (χ0v) is 8.55. The molecule has 0 aliphatic heterocycles. The highest BCUT2D eigenvalue weighted by Gasteiger charge is 2.06. The Hall–Kier alpha value is 0.390. The molecule has 0 fully saturated rings. The minimum absolute atomic E-state index is 0.161.